The third kappa shape index (κ3) is 3.40. The second kappa shape index (κ2) is 6.27. The van der Waals surface area contributed by atoms with Crippen molar-refractivity contribution in [3.63, 3.8) is 0 Å². The number of anilines is 3. The average molecular weight is 278 g/mol. The van der Waals surface area contributed by atoms with Crippen LogP contribution in [-0.2, 0) is 0 Å². The lowest BCUT2D eigenvalue weighted by Crippen LogP contribution is -2.07. The Kier molecular flexibility index (Phi) is 4.45. The van der Waals surface area contributed by atoms with Gasteiger partial charge in [-0.05, 0) is 25.5 Å². The van der Waals surface area contributed by atoms with Gasteiger partial charge in [-0.2, -0.15) is 4.98 Å². The number of aryl methyl sites for hydroxylation is 1. The molecule has 0 atom stereocenters. The molecular weight excluding hydrogens is 262 g/mol. The molecule has 0 saturated carbocycles. The fourth-order valence-corrected chi connectivity index (χ4v) is 1.61. The molecule has 0 spiro atoms. The predicted molar refractivity (Wildman–Crippen MR) is 75.2 cm³/mol. The molecule has 0 aliphatic heterocycles. The molecule has 1 aromatic carbocycles. The van der Waals surface area contributed by atoms with E-state index in [2.05, 4.69) is 20.6 Å². The van der Waals surface area contributed by atoms with Crippen molar-refractivity contribution in [3.8, 4) is 0 Å². The molecule has 1 aromatic heterocycles. The van der Waals surface area contributed by atoms with Crippen LogP contribution in [0.15, 0.2) is 24.4 Å². The van der Waals surface area contributed by atoms with Crippen molar-refractivity contribution in [2.24, 2.45) is 0 Å². The molecule has 2 aromatic rings. The van der Waals surface area contributed by atoms with Crippen molar-refractivity contribution in [1.82, 2.24) is 9.97 Å². The zero-order valence-electron chi connectivity index (χ0n) is 11.4. The number of nitrogens with one attached hydrogen (secondary N) is 2. The fourth-order valence-electron chi connectivity index (χ4n) is 1.61. The lowest BCUT2D eigenvalue weighted by Gasteiger charge is -2.11. The lowest BCUT2D eigenvalue weighted by molar-refractivity contribution is 0.586. The molecular formula is C14H16F2N4. The van der Waals surface area contributed by atoms with E-state index in [-0.39, 0.29) is 5.69 Å². The van der Waals surface area contributed by atoms with Gasteiger partial charge in [-0.15, -0.1) is 0 Å². The normalized spacial score (nSPS) is 10.4. The molecule has 0 fully saturated rings. The first-order valence-corrected chi connectivity index (χ1v) is 6.39. The average Bonchev–Trinajstić information content (AvgIpc) is 2.42. The van der Waals surface area contributed by atoms with E-state index < -0.39 is 11.6 Å². The van der Waals surface area contributed by atoms with Crippen molar-refractivity contribution in [2.45, 2.75) is 20.3 Å². The number of rotatable bonds is 5. The van der Waals surface area contributed by atoms with Gasteiger partial charge in [-0.3, -0.25) is 0 Å². The van der Waals surface area contributed by atoms with Crippen LogP contribution in [0.1, 0.15) is 18.9 Å². The van der Waals surface area contributed by atoms with Crippen molar-refractivity contribution in [3.05, 3.63) is 41.6 Å². The molecule has 6 heteroatoms. The van der Waals surface area contributed by atoms with Crippen LogP contribution in [0.5, 0.6) is 0 Å². The number of hydrogen-bond acceptors (Lipinski definition) is 4. The minimum absolute atomic E-state index is 0.176. The highest BCUT2D eigenvalue weighted by atomic mass is 19.1. The first-order chi connectivity index (χ1) is 9.60. The second-order valence-corrected chi connectivity index (χ2v) is 4.40. The Morgan fingerprint density at radius 1 is 1.25 bits per heavy atom. The predicted octanol–water partition coefficient (Wildman–Crippen LogP) is 3.63. The molecule has 0 bridgehead atoms. The molecule has 0 unspecified atom stereocenters. The van der Waals surface area contributed by atoms with Crippen LogP contribution >= 0.6 is 0 Å². The van der Waals surface area contributed by atoms with E-state index in [1.54, 1.807) is 6.20 Å². The Balaban J connectivity index is 2.23. The standard InChI is InChI=1S/C14H16F2N4/c1-3-6-17-14-18-8-9(2)13(20-14)19-12-5-4-10(15)7-11(12)16/h4-5,7-8H,3,6H2,1-2H3,(H2,17,18,19,20). The van der Waals surface area contributed by atoms with Crippen LogP contribution in [-0.4, -0.2) is 16.5 Å². The number of hydrogen-bond donors (Lipinski definition) is 2. The lowest BCUT2D eigenvalue weighted by atomic mass is 10.2. The minimum Gasteiger partial charge on any atom is -0.354 e. The molecule has 0 saturated heterocycles. The number of aromatic nitrogens is 2. The number of nitrogens with zero attached hydrogens (tertiary/aromatic N) is 2. The minimum atomic E-state index is -0.661. The highest BCUT2D eigenvalue weighted by molar-refractivity contribution is 5.60. The molecule has 4 nitrogen and oxygen atoms in total. The summed E-state index contributed by atoms with van der Waals surface area (Å²) in [5, 5.41) is 5.91. The highest BCUT2D eigenvalue weighted by Crippen LogP contribution is 2.22. The van der Waals surface area contributed by atoms with Gasteiger partial charge < -0.3 is 10.6 Å². The van der Waals surface area contributed by atoms with E-state index in [1.807, 2.05) is 13.8 Å². The van der Waals surface area contributed by atoms with E-state index in [1.165, 1.54) is 12.1 Å². The molecule has 2 N–H and O–H groups in total. The summed E-state index contributed by atoms with van der Waals surface area (Å²) in [6.45, 7) is 4.61. The summed E-state index contributed by atoms with van der Waals surface area (Å²) in [5.41, 5.74) is 0.949. The quantitative estimate of drug-likeness (QED) is 0.877. The third-order valence-electron chi connectivity index (χ3n) is 2.69. The Morgan fingerprint density at radius 3 is 2.75 bits per heavy atom. The van der Waals surface area contributed by atoms with Crippen LogP contribution in [0.2, 0.25) is 0 Å². The summed E-state index contributed by atoms with van der Waals surface area (Å²) in [5.74, 6) is -0.310. The van der Waals surface area contributed by atoms with Gasteiger partial charge in [-0.25, -0.2) is 13.8 Å². The molecule has 0 radical (unpaired) electrons. The highest BCUT2D eigenvalue weighted by Gasteiger charge is 2.08. The Morgan fingerprint density at radius 2 is 2.05 bits per heavy atom. The van der Waals surface area contributed by atoms with Gasteiger partial charge in [0.25, 0.3) is 0 Å². The van der Waals surface area contributed by atoms with Gasteiger partial charge in [-0.1, -0.05) is 6.92 Å². The Labute approximate surface area is 116 Å². The van der Waals surface area contributed by atoms with Gasteiger partial charge in [0.05, 0.1) is 5.69 Å². The van der Waals surface area contributed by atoms with Crippen molar-refractivity contribution in [2.75, 3.05) is 17.2 Å². The summed E-state index contributed by atoms with van der Waals surface area (Å²) in [4.78, 5) is 8.41. The zero-order valence-corrected chi connectivity index (χ0v) is 11.4. The number of halogens is 2. The SMILES string of the molecule is CCCNc1ncc(C)c(Nc2ccc(F)cc2F)n1. The maximum absolute atomic E-state index is 13.6. The van der Waals surface area contributed by atoms with Gasteiger partial charge in [0.2, 0.25) is 5.95 Å². The maximum Gasteiger partial charge on any atom is 0.224 e. The van der Waals surface area contributed by atoms with Crippen LogP contribution in [0.25, 0.3) is 0 Å². The van der Waals surface area contributed by atoms with E-state index in [4.69, 9.17) is 0 Å². The Hall–Kier alpha value is -2.24. The first kappa shape index (κ1) is 14.2. The summed E-state index contributed by atoms with van der Waals surface area (Å²) in [7, 11) is 0. The van der Waals surface area contributed by atoms with Crippen LogP contribution in [0, 0.1) is 18.6 Å². The summed E-state index contributed by atoms with van der Waals surface area (Å²) < 4.78 is 26.5. The van der Waals surface area contributed by atoms with Crippen molar-refractivity contribution in [1.29, 1.82) is 0 Å². The molecule has 106 valence electrons. The van der Waals surface area contributed by atoms with Crippen LogP contribution < -0.4 is 10.6 Å². The van der Waals surface area contributed by atoms with Crippen molar-refractivity contribution >= 4 is 17.5 Å². The molecule has 0 aliphatic carbocycles. The largest absolute Gasteiger partial charge is 0.354 e. The monoisotopic (exact) mass is 278 g/mol. The first-order valence-electron chi connectivity index (χ1n) is 6.39. The third-order valence-corrected chi connectivity index (χ3v) is 2.69. The van der Waals surface area contributed by atoms with Gasteiger partial charge in [0, 0.05) is 24.4 Å². The molecule has 2 rings (SSSR count). The van der Waals surface area contributed by atoms with Crippen LogP contribution in [0.3, 0.4) is 0 Å². The van der Waals surface area contributed by atoms with Gasteiger partial charge >= 0.3 is 0 Å². The second-order valence-electron chi connectivity index (χ2n) is 4.40. The van der Waals surface area contributed by atoms with Crippen LogP contribution in [0.4, 0.5) is 26.2 Å². The topological polar surface area (TPSA) is 49.8 Å². The Bertz CT molecular complexity index is 602. The molecule has 0 aliphatic rings. The van der Waals surface area contributed by atoms with E-state index in [0.29, 0.717) is 11.8 Å². The fraction of sp³-hybridized carbons (Fsp3) is 0.286. The summed E-state index contributed by atoms with van der Waals surface area (Å²) in [6, 6.07) is 3.36. The van der Waals surface area contributed by atoms with Gasteiger partial charge in [0.1, 0.15) is 17.5 Å². The van der Waals surface area contributed by atoms with Crippen molar-refractivity contribution < 1.29 is 8.78 Å². The smallest absolute Gasteiger partial charge is 0.224 e. The molecule has 20 heavy (non-hydrogen) atoms. The summed E-state index contributed by atoms with van der Waals surface area (Å²) in [6.07, 6.45) is 2.60. The number of benzene rings is 1. The maximum atomic E-state index is 13.6. The van der Waals surface area contributed by atoms with E-state index >= 15 is 0 Å². The molecule has 1 heterocycles. The van der Waals surface area contributed by atoms with E-state index in [0.717, 1.165) is 24.6 Å². The summed E-state index contributed by atoms with van der Waals surface area (Å²) >= 11 is 0. The molecule has 0 amide bonds. The zero-order chi connectivity index (χ0) is 14.5. The van der Waals surface area contributed by atoms with E-state index in [9.17, 15) is 8.78 Å². The van der Waals surface area contributed by atoms with Gasteiger partial charge in [0.15, 0.2) is 0 Å².